The van der Waals surface area contributed by atoms with Crippen molar-refractivity contribution in [2.75, 3.05) is 26.3 Å². The summed E-state index contributed by atoms with van der Waals surface area (Å²) in [5.74, 6) is 2.41. The molecule has 92 valence electrons. The highest BCUT2D eigenvalue weighted by molar-refractivity contribution is 7.89. The van der Waals surface area contributed by atoms with Crippen LogP contribution in [0.25, 0.3) is 0 Å². The van der Waals surface area contributed by atoms with Crippen LogP contribution in [0.2, 0.25) is 0 Å². The van der Waals surface area contributed by atoms with Gasteiger partial charge in [-0.2, -0.15) is 4.31 Å². The Hall–Kier alpha value is -0.570. The van der Waals surface area contributed by atoms with Gasteiger partial charge in [-0.25, -0.2) is 8.42 Å². The third kappa shape index (κ3) is 3.21. The third-order valence-electron chi connectivity index (χ3n) is 2.69. The fraction of sp³-hybridized carbons (Fsp3) is 0.818. The predicted molar refractivity (Wildman–Crippen MR) is 63.5 cm³/mol. The van der Waals surface area contributed by atoms with Crippen molar-refractivity contribution in [2.45, 2.75) is 31.4 Å². The lowest BCUT2D eigenvalue weighted by Crippen LogP contribution is -2.42. The summed E-state index contributed by atoms with van der Waals surface area (Å²) in [5.41, 5.74) is 0. The largest absolute Gasteiger partial charge is 0.381 e. The van der Waals surface area contributed by atoms with Gasteiger partial charge in [-0.05, 0) is 19.3 Å². The molecule has 1 aliphatic heterocycles. The first-order valence-electron chi connectivity index (χ1n) is 5.63. The van der Waals surface area contributed by atoms with E-state index in [1.807, 2.05) is 6.92 Å². The second kappa shape index (κ2) is 6.24. The first-order chi connectivity index (χ1) is 7.62. The highest BCUT2D eigenvalue weighted by Crippen LogP contribution is 2.19. The molecule has 0 saturated carbocycles. The monoisotopic (exact) mass is 245 g/mol. The van der Waals surface area contributed by atoms with Crippen LogP contribution < -0.4 is 0 Å². The van der Waals surface area contributed by atoms with E-state index in [-0.39, 0.29) is 11.8 Å². The van der Waals surface area contributed by atoms with E-state index in [4.69, 9.17) is 11.2 Å². The average Bonchev–Trinajstić information content (AvgIpc) is 2.30. The predicted octanol–water partition coefficient (Wildman–Crippen LogP) is 0.840. The Kier molecular flexibility index (Phi) is 5.26. The van der Waals surface area contributed by atoms with Crippen molar-refractivity contribution >= 4 is 10.0 Å². The third-order valence-corrected chi connectivity index (χ3v) is 5.04. The van der Waals surface area contributed by atoms with Crippen molar-refractivity contribution in [3.05, 3.63) is 0 Å². The van der Waals surface area contributed by atoms with Gasteiger partial charge in [-0.1, -0.05) is 12.8 Å². The molecule has 5 heteroatoms. The van der Waals surface area contributed by atoms with Crippen molar-refractivity contribution in [3.63, 3.8) is 0 Å². The zero-order valence-corrected chi connectivity index (χ0v) is 10.5. The number of terminal acetylenes is 1. The fourth-order valence-electron chi connectivity index (χ4n) is 1.83. The maximum Gasteiger partial charge on any atom is 0.218 e. The Morgan fingerprint density at radius 1 is 1.44 bits per heavy atom. The summed E-state index contributed by atoms with van der Waals surface area (Å²) in [6.45, 7) is 3.68. The SMILES string of the molecule is C#CCN(CCC)S(=O)(=O)C1CCOCC1. The molecule has 0 aromatic rings. The molecule has 0 atom stereocenters. The fourth-order valence-corrected chi connectivity index (χ4v) is 3.73. The minimum Gasteiger partial charge on any atom is -0.381 e. The summed E-state index contributed by atoms with van der Waals surface area (Å²) in [4.78, 5) is 0. The van der Waals surface area contributed by atoms with Gasteiger partial charge >= 0.3 is 0 Å². The molecule has 1 heterocycles. The Morgan fingerprint density at radius 3 is 2.56 bits per heavy atom. The summed E-state index contributed by atoms with van der Waals surface area (Å²) in [6, 6.07) is 0. The van der Waals surface area contributed by atoms with E-state index in [2.05, 4.69) is 5.92 Å². The zero-order valence-electron chi connectivity index (χ0n) is 9.68. The lowest BCUT2D eigenvalue weighted by molar-refractivity contribution is 0.0973. The standard InChI is InChI=1S/C11H19NO3S/c1-3-7-12(8-4-2)16(13,14)11-5-9-15-10-6-11/h1,11H,4-10H2,2H3. The van der Waals surface area contributed by atoms with Crippen LogP contribution in [0.4, 0.5) is 0 Å². The molecular formula is C11H19NO3S. The van der Waals surface area contributed by atoms with Crippen molar-refractivity contribution in [1.82, 2.24) is 4.31 Å². The van der Waals surface area contributed by atoms with Gasteiger partial charge in [-0.15, -0.1) is 6.42 Å². The van der Waals surface area contributed by atoms with Crippen molar-refractivity contribution < 1.29 is 13.2 Å². The minimum atomic E-state index is -3.24. The molecule has 1 fully saturated rings. The van der Waals surface area contributed by atoms with Crippen molar-refractivity contribution in [3.8, 4) is 12.3 Å². The highest BCUT2D eigenvalue weighted by Gasteiger charge is 2.32. The summed E-state index contributed by atoms with van der Waals surface area (Å²) < 4.78 is 31.1. The quantitative estimate of drug-likeness (QED) is 0.674. The van der Waals surface area contributed by atoms with Crippen LogP contribution in [0.1, 0.15) is 26.2 Å². The molecule has 0 spiro atoms. The molecule has 16 heavy (non-hydrogen) atoms. The van der Waals surface area contributed by atoms with Crippen LogP contribution in [0, 0.1) is 12.3 Å². The maximum atomic E-state index is 12.2. The minimum absolute atomic E-state index is 0.174. The molecule has 0 unspecified atom stereocenters. The van der Waals surface area contributed by atoms with Crippen LogP contribution >= 0.6 is 0 Å². The van der Waals surface area contributed by atoms with Crippen LogP contribution in [0.15, 0.2) is 0 Å². The number of ether oxygens (including phenoxy) is 1. The first-order valence-corrected chi connectivity index (χ1v) is 7.13. The second-order valence-corrected chi connectivity index (χ2v) is 6.11. The molecule has 0 aromatic carbocycles. The Morgan fingerprint density at radius 2 is 2.06 bits per heavy atom. The normalized spacial score (nSPS) is 18.6. The van der Waals surface area contributed by atoms with E-state index in [1.54, 1.807) is 0 Å². The van der Waals surface area contributed by atoms with E-state index < -0.39 is 10.0 Å². The number of nitrogens with zero attached hydrogens (tertiary/aromatic N) is 1. The van der Waals surface area contributed by atoms with Gasteiger partial charge in [0.25, 0.3) is 0 Å². The smallest absolute Gasteiger partial charge is 0.218 e. The molecular weight excluding hydrogens is 226 g/mol. The number of sulfonamides is 1. The van der Waals surface area contributed by atoms with Gasteiger partial charge in [0.2, 0.25) is 10.0 Å². The molecule has 1 rings (SSSR count). The molecule has 0 amide bonds. The van der Waals surface area contributed by atoms with Gasteiger partial charge in [0.1, 0.15) is 0 Å². The van der Waals surface area contributed by atoms with E-state index >= 15 is 0 Å². The molecule has 0 bridgehead atoms. The number of hydrogen-bond donors (Lipinski definition) is 0. The van der Waals surface area contributed by atoms with Crippen LogP contribution in [0.5, 0.6) is 0 Å². The molecule has 4 nitrogen and oxygen atoms in total. The Labute approximate surface area is 98.0 Å². The van der Waals surface area contributed by atoms with Gasteiger partial charge in [0.05, 0.1) is 11.8 Å². The summed E-state index contributed by atoms with van der Waals surface area (Å²) >= 11 is 0. The molecule has 0 aromatic heterocycles. The zero-order chi connectivity index (χ0) is 12.0. The van der Waals surface area contributed by atoms with E-state index in [0.717, 1.165) is 6.42 Å². The Bertz CT molecular complexity index is 339. The molecule has 0 N–H and O–H groups in total. The summed E-state index contributed by atoms with van der Waals surface area (Å²) in [7, 11) is -3.24. The summed E-state index contributed by atoms with van der Waals surface area (Å²) in [5, 5.41) is -0.318. The van der Waals surface area contributed by atoms with Crippen LogP contribution in [-0.2, 0) is 14.8 Å². The van der Waals surface area contributed by atoms with Crippen LogP contribution in [0.3, 0.4) is 0 Å². The topological polar surface area (TPSA) is 46.6 Å². The number of rotatable bonds is 5. The molecule has 0 radical (unpaired) electrons. The lowest BCUT2D eigenvalue weighted by atomic mass is 10.2. The van der Waals surface area contributed by atoms with E-state index in [9.17, 15) is 8.42 Å². The van der Waals surface area contributed by atoms with Crippen molar-refractivity contribution in [1.29, 1.82) is 0 Å². The van der Waals surface area contributed by atoms with E-state index in [0.29, 0.717) is 32.6 Å². The summed E-state index contributed by atoms with van der Waals surface area (Å²) in [6.07, 6.45) is 7.14. The lowest BCUT2D eigenvalue weighted by Gasteiger charge is -2.28. The van der Waals surface area contributed by atoms with E-state index in [1.165, 1.54) is 4.31 Å². The molecule has 1 saturated heterocycles. The van der Waals surface area contributed by atoms with Gasteiger partial charge < -0.3 is 4.74 Å². The molecule has 1 aliphatic rings. The van der Waals surface area contributed by atoms with Gasteiger partial charge in [0, 0.05) is 19.8 Å². The number of hydrogen-bond acceptors (Lipinski definition) is 3. The van der Waals surface area contributed by atoms with Crippen molar-refractivity contribution in [2.24, 2.45) is 0 Å². The van der Waals surface area contributed by atoms with Gasteiger partial charge in [-0.3, -0.25) is 0 Å². The Balaban J connectivity index is 2.75. The van der Waals surface area contributed by atoms with Crippen LogP contribution in [-0.4, -0.2) is 44.3 Å². The highest BCUT2D eigenvalue weighted by atomic mass is 32.2. The second-order valence-electron chi connectivity index (χ2n) is 3.89. The van der Waals surface area contributed by atoms with Gasteiger partial charge in [0.15, 0.2) is 0 Å². The average molecular weight is 245 g/mol. The first kappa shape index (κ1) is 13.5. The molecule has 0 aliphatic carbocycles. The maximum absolute atomic E-state index is 12.2.